The molecule has 1 aliphatic heterocycles. The minimum atomic E-state index is -3.73. The first-order valence-electron chi connectivity index (χ1n) is 11.3. The van der Waals surface area contributed by atoms with E-state index in [-0.39, 0.29) is 40.5 Å². The highest BCUT2D eigenvalue weighted by atomic mass is 32.2. The van der Waals surface area contributed by atoms with Crippen LogP contribution in [0.5, 0.6) is 0 Å². The van der Waals surface area contributed by atoms with Gasteiger partial charge >= 0.3 is 4.87 Å². The Labute approximate surface area is 202 Å². The number of carbonyl (C=O) groups excluding carboxylic acids is 2. The molecule has 10 heteroatoms. The normalized spacial score (nSPS) is 15.5. The standard InChI is InChI=1S/C24H27N3O5S2/c1-3-11-27-21-8-7-20(15-22(21)33-24(27)30)34(31,32)26-12-9-17(10-13-26)23(29)25-19-6-4-5-18(14-19)16(2)28/h4-8,14-15,17H,3,9-13H2,1-2H3,(H,25,29). The van der Waals surface area contributed by atoms with Gasteiger partial charge in [0.15, 0.2) is 5.78 Å². The number of hydrogen-bond donors (Lipinski definition) is 1. The third-order valence-electron chi connectivity index (χ3n) is 6.09. The summed E-state index contributed by atoms with van der Waals surface area (Å²) in [5.41, 5.74) is 1.82. The smallest absolute Gasteiger partial charge is 0.308 e. The molecule has 0 bridgehead atoms. The maximum absolute atomic E-state index is 13.2. The molecule has 180 valence electrons. The predicted octanol–water partition coefficient (Wildman–Crippen LogP) is 3.72. The third-order valence-corrected chi connectivity index (χ3v) is 8.92. The van der Waals surface area contributed by atoms with Crippen molar-refractivity contribution in [1.29, 1.82) is 0 Å². The number of nitrogens with one attached hydrogen (secondary N) is 1. The number of carbonyl (C=O) groups is 2. The number of aryl methyl sites for hydroxylation is 1. The summed E-state index contributed by atoms with van der Waals surface area (Å²) in [5, 5.41) is 2.84. The molecule has 1 aromatic heterocycles. The molecule has 0 saturated carbocycles. The largest absolute Gasteiger partial charge is 0.326 e. The SMILES string of the molecule is CCCn1c(=O)sc2cc(S(=O)(=O)N3CCC(C(=O)Nc4cccc(C(C)=O)c4)CC3)ccc21. The van der Waals surface area contributed by atoms with Gasteiger partial charge in [-0.1, -0.05) is 30.4 Å². The van der Waals surface area contributed by atoms with Gasteiger partial charge in [0.05, 0.1) is 15.1 Å². The first-order chi connectivity index (χ1) is 16.2. The molecule has 4 rings (SSSR count). The second-order valence-corrected chi connectivity index (χ2v) is 11.4. The molecule has 0 spiro atoms. The molecular weight excluding hydrogens is 474 g/mol. The number of thiazole rings is 1. The molecule has 2 aromatic carbocycles. The van der Waals surface area contributed by atoms with Gasteiger partial charge in [-0.15, -0.1) is 0 Å². The Morgan fingerprint density at radius 1 is 1.12 bits per heavy atom. The van der Waals surface area contributed by atoms with Gasteiger partial charge in [0, 0.05) is 36.8 Å². The van der Waals surface area contributed by atoms with Crippen LogP contribution in [0.15, 0.2) is 52.2 Å². The summed E-state index contributed by atoms with van der Waals surface area (Å²) >= 11 is 1.05. The van der Waals surface area contributed by atoms with Gasteiger partial charge in [0.2, 0.25) is 15.9 Å². The van der Waals surface area contributed by atoms with Crippen LogP contribution in [-0.4, -0.2) is 42.1 Å². The summed E-state index contributed by atoms with van der Waals surface area (Å²) in [4.78, 5) is 36.6. The number of benzene rings is 2. The Morgan fingerprint density at radius 3 is 2.53 bits per heavy atom. The van der Waals surface area contributed by atoms with E-state index < -0.39 is 10.0 Å². The predicted molar refractivity (Wildman–Crippen MR) is 133 cm³/mol. The van der Waals surface area contributed by atoms with Crippen molar-refractivity contribution in [3.63, 3.8) is 0 Å². The first-order valence-corrected chi connectivity index (χ1v) is 13.5. The van der Waals surface area contributed by atoms with Gasteiger partial charge in [-0.05, 0) is 56.5 Å². The molecule has 1 saturated heterocycles. The minimum absolute atomic E-state index is 0.0815. The molecule has 0 aliphatic carbocycles. The maximum Gasteiger partial charge on any atom is 0.308 e. The van der Waals surface area contributed by atoms with Gasteiger partial charge in [-0.2, -0.15) is 4.31 Å². The molecule has 1 aliphatic rings. The molecular formula is C24H27N3O5S2. The summed E-state index contributed by atoms with van der Waals surface area (Å²) in [6.45, 7) is 4.52. The summed E-state index contributed by atoms with van der Waals surface area (Å²) in [6, 6.07) is 11.6. The Morgan fingerprint density at radius 2 is 1.85 bits per heavy atom. The summed E-state index contributed by atoms with van der Waals surface area (Å²) < 4.78 is 30.2. The van der Waals surface area contributed by atoms with Crippen LogP contribution in [0.3, 0.4) is 0 Å². The van der Waals surface area contributed by atoms with Gasteiger partial charge in [0.1, 0.15) is 0 Å². The molecule has 1 amide bonds. The van der Waals surface area contributed by atoms with Gasteiger partial charge in [0.25, 0.3) is 0 Å². The second-order valence-electron chi connectivity index (χ2n) is 8.45. The lowest BCUT2D eigenvalue weighted by Gasteiger charge is -2.30. The van der Waals surface area contributed by atoms with E-state index >= 15 is 0 Å². The zero-order chi connectivity index (χ0) is 24.5. The Balaban J connectivity index is 1.44. The van der Waals surface area contributed by atoms with Crippen molar-refractivity contribution < 1.29 is 18.0 Å². The number of anilines is 1. The van der Waals surface area contributed by atoms with Crippen molar-refractivity contribution in [2.45, 2.75) is 44.6 Å². The second kappa shape index (κ2) is 9.81. The minimum Gasteiger partial charge on any atom is -0.326 e. The maximum atomic E-state index is 13.2. The van der Waals surface area contributed by atoms with E-state index in [1.807, 2.05) is 6.92 Å². The fourth-order valence-corrected chi connectivity index (χ4v) is 6.74. The van der Waals surface area contributed by atoms with Gasteiger partial charge in [-0.3, -0.25) is 19.0 Å². The summed E-state index contributed by atoms with van der Waals surface area (Å²) in [5.74, 6) is -0.577. The number of Topliss-reactive ketones (excluding diaryl/α,β-unsaturated/α-hetero) is 1. The molecule has 0 radical (unpaired) electrons. The number of fused-ring (bicyclic) bond motifs is 1. The van der Waals surface area contributed by atoms with Crippen LogP contribution in [0.2, 0.25) is 0 Å². The number of aromatic nitrogens is 1. The number of piperidine rings is 1. The van der Waals surface area contributed by atoms with E-state index in [0.717, 1.165) is 23.3 Å². The Bertz CT molecular complexity index is 1400. The van der Waals surface area contributed by atoms with Crippen LogP contribution >= 0.6 is 11.3 Å². The fourth-order valence-electron chi connectivity index (χ4n) is 4.21. The molecule has 3 aromatic rings. The highest BCUT2D eigenvalue weighted by Crippen LogP contribution is 2.28. The van der Waals surface area contributed by atoms with Crippen LogP contribution < -0.4 is 10.2 Å². The third kappa shape index (κ3) is 4.84. The Kier molecular flexibility index (Phi) is 7.01. The van der Waals surface area contributed by atoms with Crippen LogP contribution in [0, 0.1) is 5.92 Å². The molecule has 2 heterocycles. The summed E-state index contributed by atoms with van der Waals surface area (Å²) in [6.07, 6.45) is 1.62. The number of rotatable bonds is 7. The van der Waals surface area contributed by atoms with Crippen LogP contribution in [0.4, 0.5) is 5.69 Å². The van der Waals surface area contributed by atoms with Crippen molar-refractivity contribution in [2.24, 2.45) is 5.92 Å². The highest BCUT2D eigenvalue weighted by molar-refractivity contribution is 7.89. The van der Waals surface area contributed by atoms with Crippen LogP contribution in [0.1, 0.15) is 43.5 Å². The van der Waals surface area contributed by atoms with E-state index in [2.05, 4.69) is 5.32 Å². The van der Waals surface area contributed by atoms with E-state index in [9.17, 15) is 22.8 Å². The topological polar surface area (TPSA) is 106 Å². The molecule has 34 heavy (non-hydrogen) atoms. The van der Waals surface area contributed by atoms with Crippen molar-refractivity contribution in [2.75, 3.05) is 18.4 Å². The van der Waals surface area contributed by atoms with E-state index in [0.29, 0.717) is 35.3 Å². The lowest BCUT2D eigenvalue weighted by atomic mass is 9.97. The quantitative estimate of drug-likeness (QED) is 0.497. The van der Waals surface area contributed by atoms with Gasteiger partial charge in [-0.25, -0.2) is 8.42 Å². The van der Waals surface area contributed by atoms with Crippen molar-refractivity contribution in [1.82, 2.24) is 8.87 Å². The zero-order valence-electron chi connectivity index (χ0n) is 19.1. The lowest BCUT2D eigenvalue weighted by Crippen LogP contribution is -2.41. The molecule has 0 atom stereocenters. The van der Waals surface area contributed by atoms with E-state index in [1.165, 1.54) is 11.2 Å². The van der Waals surface area contributed by atoms with Crippen LogP contribution in [-0.2, 0) is 21.4 Å². The molecule has 1 N–H and O–H groups in total. The fraction of sp³-hybridized carbons (Fsp3) is 0.375. The van der Waals surface area contributed by atoms with Gasteiger partial charge < -0.3 is 5.32 Å². The average molecular weight is 502 g/mol. The van der Waals surface area contributed by atoms with E-state index in [4.69, 9.17) is 0 Å². The highest BCUT2D eigenvalue weighted by Gasteiger charge is 2.32. The van der Waals surface area contributed by atoms with Crippen molar-refractivity contribution in [3.05, 3.63) is 57.7 Å². The lowest BCUT2D eigenvalue weighted by molar-refractivity contribution is -0.120. The number of nitrogens with zero attached hydrogens (tertiary/aromatic N) is 2. The number of sulfonamides is 1. The molecule has 0 unspecified atom stereocenters. The Hall–Kier alpha value is -2.82. The van der Waals surface area contributed by atoms with Crippen LogP contribution in [0.25, 0.3) is 10.2 Å². The molecule has 1 fully saturated rings. The number of ketones is 1. The van der Waals surface area contributed by atoms with Crippen molar-refractivity contribution >= 4 is 49.0 Å². The first kappa shape index (κ1) is 24.3. The van der Waals surface area contributed by atoms with E-state index in [1.54, 1.807) is 47.0 Å². The number of hydrogen-bond acceptors (Lipinski definition) is 6. The molecule has 8 nitrogen and oxygen atoms in total. The monoisotopic (exact) mass is 501 g/mol. The number of amides is 1. The van der Waals surface area contributed by atoms with Crippen molar-refractivity contribution in [3.8, 4) is 0 Å². The summed E-state index contributed by atoms with van der Waals surface area (Å²) in [7, 11) is -3.73. The average Bonchev–Trinajstić information content (AvgIpc) is 3.14. The zero-order valence-corrected chi connectivity index (χ0v) is 20.7.